The zero-order chi connectivity index (χ0) is 9.68. The van der Waals surface area contributed by atoms with Gasteiger partial charge in [0.25, 0.3) is 0 Å². The van der Waals surface area contributed by atoms with Crippen molar-refractivity contribution in [2.75, 3.05) is 32.8 Å². The predicted octanol–water partition coefficient (Wildman–Crippen LogP) is -1.01. The lowest BCUT2D eigenvalue weighted by atomic mass is 10.2. The van der Waals surface area contributed by atoms with Crippen molar-refractivity contribution in [3.05, 3.63) is 0 Å². The van der Waals surface area contributed by atoms with Gasteiger partial charge in [0.2, 0.25) is 0 Å². The molecule has 0 bridgehead atoms. The molecule has 1 heterocycles. The smallest absolute Gasteiger partial charge is 0.0583 e. The van der Waals surface area contributed by atoms with E-state index in [1.54, 1.807) is 0 Å². The van der Waals surface area contributed by atoms with E-state index in [0.29, 0.717) is 6.04 Å². The Morgan fingerprint density at radius 1 is 1.69 bits per heavy atom. The molecule has 1 fully saturated rings. The largest absolute Gasteiger partial charge is 0.395 e. The van der Waals surface area contributed by atoms with Crippen LogP contribution in [0.5, 0.6) is 0 Å². The highest BCUT2D eigenvalue weighted by molar-refractivity contribution is 4.75. The van der Waals surface area contributed by atoms with E-state index in [1.165, 1.54) is 0 Å². The summed E-state index contributed by atoms with van der Waals surface area (Å²) >= 11 is 0. The Morgan fingerprint density at radius 3 is 3.08 bits per heavy atom. The number of hydrogen-bond acceptors (Lipinski definition) is 4. The molecule has 0 amide bonds. The lowest BCUT2D eigenvalue weighted by Crippen LogP contribution is -2.50. The molecule has 1 aliphatic heterocycles. The van der Waals surface area contributed by atoms with Crippen molar-refractivity contribution in [3.8, 4) is 0 Å². The lowest BCUT2D eigenvalue weighted by molar-refractivity contribution is 0.187. The number of nitrogens with zero attached hydrogens (tertiary/aromatic N) is 1. The summed E-state index contributed by atoms with van der Waals surface area (Å²) in [6.07, 6.45) is 0.892. The van der Waals surface area contributed by atoms with Gasteiger partial charge < -0.3 is 21.1 Å². The first-order valence-electron chi connectivity index (χ1n) is 5.04. The second-order valence-electron chi connectivity index (χ2n) is 3.89. The molecule has 1 saturated heterocycles. The van der Waals surface area contributed by atoms with E-state index < -0.39 is 0 Å². The number of nitrogens with one attached hydrogen (secondary N) is 1. The van der Waals surface area contributed by atoms with Crippen LogP contribution in [-0.4, -0.2) is 54.9 Å². The topological polar surface area (TPSA) is 61.5 Å². The molecule has 2 atom stereocenters. The molecule has 4 heteroatoms. The maximum Gasteiger partial charge on any atom is 0.0583 e. The molecular weight excluding hydrogens is 166 g/mol. The molecule has 2 unspecified atom stereocenters. The maximum atomic E-state index is 8.76. The molecule has 1 aliphatic rings. The first-order valence-corrected chi connectivity index (χ1v) is 5.04. The second kappa shape index (κ2) is 5.54. The van der Waals surface area contributed by atoms with Crippen molar-refractivity contribution < 1.29 is 5.11 Å². The van der Waals surface area contributed by atoms with Gasteiger partial charge in [0.1, 0.15) is 0 Å². The van der Waals surface area contributed by atoms with E-state index in [4.69, 9.17) is 10.8 Å². The summed E-state index contributed by atoms with van der Waals surface area (Å²) in [7, 11) is 0. The van der Waals surface area contributed by atoms with E-state index in [0.717, 1.165) is 32.6 Å². The number of hydrogen-bond donors (Lipinski definition) is 3. The van der Waals surface area contributed by atoms with Gasteiger partial charge in [-0.25, -0.2) is 0 Å². The number of rotatable bonds is 4. The average Bonchev–Trinajstić information content (AvgIpc) is 2.14. The SMILES string of the molecule is CC1CN(CCC(N)CO)CCN1. The summed E-state index contributed by atoms with van der Waals surface area (Å²) in [6.45, 7) is 6.56. The molecule has 13 heavy (non-hydrogen) atoms. The predicted molar refractivity (Wildman–Crippen MR) is 53.6 cm³/mol. The minimum absolute atomic E-state index is 0.0507. The molecule has 78 valence electrons. The van der Waals surface area contributed by atoms with E-state index >= 15 is 0 Å². The Bertz CT molecular complexity index is 143. The van der Waals surface area contributed by atoms with E-state index in [2.05, 4.69) is 17.1 Å². The molecule has 0 aromatic rings. The zero-order valence-electron chi connectivity index (χ0n) is 8.37. The standard InChI is InChI=1S/C9H21N3O/c1-8-6-12(5-3-11-8)4-2-9(10)7-13/h8-9,11,13H,2-7,10H2,1H3. The Morgan fingerprint density at radius 2 is 2.46 bits per heavy atom. The first-order chi connectivity index (χ1) is 6.22. The normalized spacial score (nSPS) is 27.5. The summed E-state index contributed by atoms with van der Waals surface area (Å²) in [5.41, 5.74) is 5.63. The molecule has 4 nitrogen and oxygen atoms in total. The fraction of sp³-hybridized carbons (Fsp3) is 1.00. The third-order valence-corrected chi connectivity index (χ3v) is 2.50. The van der Waals surface area contributed by atoms with Crippen molar-refractivity contribution in [1.82, 2.24) is 10.2 Å². The van der Waals surface area contributed by atoms with Crippen molar-refractivity contribution in [1.29, 1.82) is 0 Å². The number of aliphatic hydroxyl groups is 1. The number of nitrogens with two attached hydrogens (primary N) is 1. The van der Waals surface area contributed by atoms with Gasteiger partial charge >= 0.3 is 0 Å². The van der Waals surface area contributed by atoms with Gasteiger partial charge in [0.15, 0.2) is 0 Å². The molecular formula is C9H21N3O. The van der Waals surface area contributed by atoms with Gasteiger partial charge in [0.05, 0.1) is 6.61 Å². The van der Waals surface area contributed by atoms with Crippen LogP contribution in [0, 0.1) is 0 Å². The Labute approximate surface area is 80.1 Å². The highest BCUT2D eigenvalue weighted by Gasteiger charge is 2.15. The summed E-state index contributed by atoms with van der Waals surface area (Å²) in [5, 5.41) is 12.2. The van der Waals surface area contributed by atoms with E-state index in [1.807, 2.05) is 0 Å². The van der Waals surface area contributed by atoms with Gasteiger partial charge in [-0.2, -0.15) is 0 Å². The van der Waals surface area contributed by atoms with Crippen LogP contribution in [0.4, 0.5) is 0 Å². The highest BCUT2D eigenvalue weighted by Crippen LogP contribution is 2.00. The molecule has 0 saturated carbocycles. The Balaban J connectivity index is 2.13. The third-order valence-electron chi connectivity index (χ3n) is 2.50. The zero-order valence-corrected chi connectivity index (χ0v) is 8.37. The second-order valence-corrected chi connectivity index (χ2v) is 3.89. The van der Waals surface area contributed by atoms with Gasteiger partial charge in [0, 0.05) is 31.7 Å². The fourth-order valence-electron chi connectivity index (χ4n) is 1.65. The van der Waals surface area contributed by atoms with Crippen LogP contribution >= 0.6 is 0 Å². The lowest BCUT2D eigenvalue weighted by Gasteiger charge is -2.32. The monoisotopic (exact) mass is 187 g/mol. The van der Waals surface area contributed by atoms with Crippen molar-refractivity contribution in [3.63, 3.8) is 0 Å². The number of piperazine rings is 1. The summed E-state index contributed by atoms with van der Waals surface area (Å²) < 4.78 is 0. The minimum Gasteiger partial charge on any atom is -0.395 e. The third kappa shape index (κ3) is 4.04. The number of aliphatic hydroxyl groups excluding tert-OH is 1. The molecule has 0 aromatic heterocycles. The van der Waals surface area contributed by atoms with Crippen LogP contribution in [-0.2, 0) is 0 Å². The van der Waals surface area contributed by atoms with Crippen LogP contribution in [0.2, 0.25) is 0 Å². The van der Waals surface area contributed by atoms with Gasteiger partial charge in [-0.05, 0) is 19.9 Å². The van der Waals surface area contributed by atoms with Gasteiger partial charge in [-0.3, -0.25) is 0 Å². The molecule has 0 aliphatic carbocycles. The van der Waals surface area contributed by atoms with Crippen molar-refractivity contribution in [2.24, 2.45) is 5.73 Å². The average molecular weight is 187 g/mol. The molecule has 1 rings (SSSR count). The summed E-state index contributed by atoms with van der Waals surface area (Å²) in [5.74, 6) is 0. The molecule has 4 N–H and O–H groups in total. The molecule has 0 radical (unpaired) electrons. The van der Waals surface area contributed by atoms with Crippen LogP contribution in [0.3, 0.4) is 0 Å². The Hall–Kier alpha value is -0.160. The first kappa shape index (κ1) is 10.9. The quantitative estimate of drug-likeness (QED) is 0.528. The maximum absolute atomic E-state index is 8.76. The fourth-order valence-corrected chi connectivity index (χ4v) is 1.65. The summed E-state index contributed by atoms with van der Waals surface area (Å²) in [6, 6.07) is 0.532. The van der Waals surface area contributed by atoms with Crippen LogP contribution in [0.25, 0.3) is 0 Å². The van der Waals surface area contributed by atoms with Crippen LogP contribution in [0.1, 0.15) is 13.3 Å². The summed E-state index contributed by atoms with van der Waals surface area (Å²) in [4.78, 5) is 2.40. The highest BCUT2D eigenvalue weighted by atomic mass is 16.3. The van der Waals surface area contributed by atoms with Gasteiger partial charge in [-0.15, -0.1) is 0 Å². The van der Waals surface area contributed by atoms with E-state index in [-0.39, 0.29) is 12.6 Å². The molecule has 0 aromatic carbocycles. The van der Waals surface area contributed by atoms with Crippen LogP contribution < -0.4 is 11.1 Å². The Kier molecular flexibility index (Phi) is 4.66. The van der Waals surface area contributed by atoms with E-state index in [9.17, 15) is 0 Å². The van der Waals surface area contributed by atoms with Gasteiger partial charge in [-0.1, -0.05) is 0 Å². The minimum atomic E-state index is -0.0507. The molecule has 0 spiro atoms. The van der Waals surface area contributed by atoms with Crippen molar-refractivity contribution in [2.45, 2.75) is 25.4 Å². The van der Waals surface area contributed by atoms with Crippen molar-refractivity contribution >= 4 is 0 Å². The van der Waals surface area contributed by atoms with Crippen LogP contribution in [0.15, 0.2) is 0 Å².